The van der Waals surface area contributed by atoms with Gasteiger partial charge in [0.1, 0.15) is 6.23 Å². The Morgan fingerprint density at radius 2 is 1.64 bits per heavy atom. The summed E-state index contributed by atoms with van der Waals surface area (Å²) in [6, 6.07) is 14.2. The Morgan fingerprint density at radius 3 is 2.25 bits per heavy atom. The summed E-state index contributed by atoms with van der Waals surface area (Å²) in [5.41, 5.74) is 4.71. The van der Waals surface area contributed by atoms with Crippen LogP contribution >= 0.6 is 11.6 Å². The molecule has 1 atom stereocenters. The van der Waals surface area contributed by atoms with E-state index in [1.165, 1.54) is 0 Å². The Balaban J connectivity index is 2.13. The first kappa shape index (κ1) is 20.6. The van der Waals surface area contributed by atoms with Gasteiger partial charge in [0.2, 0.25) is 0 Å². The van der Waals surface area contributed by atoms with Crippen LogP contribution in [0.2, 0.25) is 5.02 Å². The highest BCUT2D eigenvalue weighted by atomic mass is 35.5. The maximum atomic E-state index is 10.8. The maximum absolute atomic E-state index is 10.8. The minimum atomic E-state index is -0.776. The molecule has 28 heavy (non-hydrogen) atoms. The Hall–Kier alpha value is -2.14. The molecule has 0 saturated heterocycles. The molecule has 0 saturated carbocycles. The van der Waals surface area contributed by atoms with Gasteiger partial charge in [0, 0.05) is 22.2 Å². The summed E-state index contributed by atoms with van der Waals surface area (Å²) in [6.07, 6.45) is 2.94. The van der Waals surface area contributed by atoms with Crippen LogP contribution in [0.1, 0.15) is 52.5 Å². The van der Waals surface area contributed by atoms with E-state index in [0.29, 0.717) is 5.02 Å². The van der Waals surface area contributed by atoms with Gasteiger partial charge in [-0.05, 0) is 81.6 Å². The van der Waals surface area contributed by atoms with Crippen molar-refractivity contribution in [2.24, 2.45) is 0 Å². The molecule has 2 aromatic carbocycles. The predicted octanol–water partition coefficient (Wildman–Crippen LogP) is 5.83. The molecule has 0 aliphatic carbocycles. The molecule has 0 radical (unpaired) electrons. The first-order chi connectivity index (χ1) is 13.1. The zero-order valence-electron chi connectivity index (χ0n) is 17.1. The van der Waals surface area contributed by atoms with E-state index in [0.717, 1.165) is 27.9 Å². The van der Waals surface area contributed by atoms with Gasteiger partial charge in [0.15, 0.2) is 0 Å². The highest BCUT2D eigenvalue weighted by Crippen LogP contribution is 2.32. The van der Waals surface area contributed by atoms with E-state index in [9.17, 15) is 5.11 Å². The Morgan fingerprint density at radius 1 is 1.00 bits per heavy atom. The van der Waals surface area contributed by atoms with Crippen LogP contribution in [0, 0.1) is 0 Å². The number of aromatic nitrogens is 2. The highest BCUT2D eigenvalue weighted by molar-refractivity contribution is 6.30. The lowest BCUT2D eigenvalue weighted by molar-refractivity contribution is 0.107. The molecule has 1 unspecified atom stereocenters. The molecule has 1 aromatic heterocycles. The van der Waals surface area contributed by atoms with Gasteiger partial charge in [-0.3, -0.25) is 5.32 Å². The van der Waals surface area contributed by atoms with Crippen LogP contribution in [0.25, 0.3) is 22.4 Å². The minimum Gasteiger partial charge on any atom is -0.374 e. The van der Waals surface area contributed by atoms with Crippen LogP contribution in [-0.4, -0.2) is 20.2 Å². The van der Waals surface area contributed by atoms with E-state index in [1.54, 1.807) is 0 Å². The van der Waals surface area contributed by atoms with Gasteiger partial charge >= 0.3 is 0 Å². The molecule has 5 heteroatoms. The Kier molecular flexibility index (Phi) is 5.94. The van der Waals surface area contributed by atoms with Crippen molar-refractivity contribution in [3.8, 4) is 22.4 Å². The fraction of sp³-hybridized carbons (Fsp3) is 0.348. The zero-order chi connectivity index (χ0) is 20.5. The van der Waals surface area contributed by atoms with Crippen molar-refractivity contribution in [3.05, 3.63) is 65.6 Å². The number of nitrogens with one attached hydrogen (secondary N) is 1. The van der Waals surface area contributed by atoms with Crippen molar-refractivity contribution in [2.75, 3.05) is 0 Å². The van der Waals surface area contributed by atoms with E-state index in [4.69, 9.17) is 11.6 Å². The first-order valence-corrected chi connectivity index (χ1v) is 9.91. The third kappa shape index (κ3) is 4.82. The van der Waals surface area contributed by atoms with Crippen LogP contribution in [0.15, 0.2) is 55.0 Å². The highest BCUT2D eigenvalue weighted by Gasteiger charge is 2.19. The molecule has 0 amide bonds. The van der Waals surface area contributed by atoms with E-state index in [1.807, 2.05) is 69.7 Å². The van der Waals surface area contributed by atoms with Crippen molar-refractivity contribution in [1.29, 1.82) is 0 Å². The number of hydrogen-bond acceptors (Lipinski definition) is 3. The van der Waals surface area contributed by atoms with Crippen LogP contribution in [-0.2, 0) is 0 Å². The summed E-state index contributed by atoms with van der Waals surface area (Å²) >= 11 is 6.06. The number of aliphatic hydroxyl groups is 1. The molecule has 4 nitrogen and oxygen atoms in total. The lowest BCUT2D eigenvalue weighted by Crippen LogP contribution is -2.38. The van der Waals surface area contributed by atoms with Crippen molar-refractivity contribution >= 4 is 11.6 Å². The molecule has 0 bridgehead atoms. The van der Waals surface area contributed by atoms with Crippen LogP contribution in [0.3, 0.4) is 0 Å². The number of rotatable bonds is 5. The topological polar surface area (TPSA) is 50.1 Å². The largest absolute Gasteiger partial charge is 0.374 e. The molecule has 3 rings (SSSR count). The normalized spacial score (nSPS) is 13.1. The van der Waals surface area contributed by atoms with Gasteiger partial charge < -0.3 is 9.67 Å². The Bertz CT molecular complexity index is 939. The third-order valence-electron chi connectivity index (χ3n) is 4.54. The summed E-state index contributed by atoms with van der Waals surface area (Å²) in [5, 5.41) is 14.8. The third-order valence-corrected chi connectivity index (χ3v) is 4.79. The van der Waals surface area contributed by atoms with Gasteiger partial charge in [-0.25, -0.2) is 4.98 Å². The van der Waals surface area contributed by atoms with Crippen molar-refractivity contribution < 1.29 is 5.11 Å². The second kappa shape index (κ2) is 8.08. The van der Waals surface area contributed by atoms with Gasteiger partial charge in [-0.1, -0.05) is 23.7 Å². The average molecular weight is 398 g/mol. The number of aliphatic hydroxyl groups excluding tert-OH is 1. The molecule has 0 aliphatic rings. The van der Waals surface area contributed by atoms with E-state index < -0.39 is 6.23 Å². The quantitative estimate of drug-likeness (QED) is 0.532. The summed E-state index contributed by atoms with van der Waals surface area (Å²) < 4.78 is 2.13. The average Bonchev–Trinajstić information content (AvgIpc) is 3.10. The molecule has 0 aliphatic heterocycles. The lowest BCUT2D eigenvalue weighted by Gasteiger charge is -2.26. The molecular weight excluding hydrogens is 370 g/mol. The lowest BCUT2D eigenvalue weighted by atomic mass is 9.97. The van der Waals surface area contributed by atoms with Gasteiger partial charge in [0.25, 0.3) is 0 Å². The summed E-state index contributed by atoms with van der Waals surface area (Å²) in [4.78, 5) is 4.34. The SMILES string of the molecule is CC(C)n1cncc1-c1cc(-c2ccc(Cl)cc2)cc(C(O)NC(C)(C)C)c1. The van der Waals surface area contributed by atoms with Crippen molar-refractivity contribution in [3.63, 3.8) is 0 Å². The summed E-state index contributed by atoms with van der Waals surface area (Å²) in [7, 11) is 0. The number of nitrogens with zero attached hydrogens (tertiary/aromatic N) is 2. The zero-order valence-corrected chi connectivity index (χ0v) is 17.8. The molecule has 3 aromatic rings. The number of imidazole rings is 1. The molecule has 0 fully saturated rings. The second-order valence-electron chi connectivity index (χ2n) is 8.43. The first-order valence-electron chi connectivity index (χ1n) is 9.53. The predicted molar refractivity (Wildman–Crippen MR) is 116 cm³/mol. The molecule has 2 N–H and O–H groups in total. The van der Waals surface area contributed by atoms with Gasteiger partial charge in [-0.15, -0.1) is 0 Å². The summed E-state index contributed by atoms with van der Waals surface area (Å²) in [6.45, 7) is 10.4. The number of hydrogen-bond donors (Lipinski definition) is 2. The fourth-order valence-corrected chi connectivity index (χ4v) is 3.33. The van der Waals surface area contributed by atoms with E-state index in [2.05, 4.69) is 34.8 Å². The Labute approximate surface area is 172 Å². The second-order valence-corrected chi connectivity index (χ2v) is 8.86. The fourth-order valence-electron chi connectivity index (χ4n) is 3.20. The van der Waals surface area contributed by atoms with Crippen LogP contribution in [0.5, 0.6) is 0 Å². The molecule has 148 valence electrons. The summed E-state index contributed by atoms with van der Waals surface area (Å²) in [5.74, 6) is 0. The molecule has 0 spiro atoms. The maximum Gasteiger partial charge on any atom is 0.131 e. The minimum absolute atomic E-state index is 0.213. The van der Waals surface area contributed by atoms with Gasteiger partial charge in [0.05, 0.1) is 18.2 Å². The smallest absolute Gasteiger partial charge is 0.131 e. The molecular formula is C23H28ClN3O. The van der Waals surface area contributed by atoms with E-state index >= 15 is 0 Å². The molecule has 1 heterocycles. The monoisotopic (exact) mass is 397 g/mol. The van der Waals surface area contributed by atoms with Crippen molar-refractivity contribution in [1.82, 2.24) is 14.9 Å². The van der Waals surface area contributed by atoms with Crippen LogP contribution < -0.4 is 5.32 Å². The standard InChI is InChI=1S/C23H28ClN3O/c1-15(2)27-14-25-13-21(27)18-10-17(16-6-8-20(24)9-7-16)11-19(12-18)22(28)26-23(3,4)5/h6-15,22,26,28H,1-5H3. The number of halogens is 1. The van der Waals surface area contributed by atoms with Gasteiger partial charge in [-0.2, -0.15) is 0 Å². The number of benzene rings is 2. The van der Waals surface area contributed by atoms with Crippen molar-refractivity contribution in [2.45, 2.75) is 52.4 Å². The van der Waals surface area contributed by atoms with E-state index in [-0.39, 0.29) is 11.6 Å². The van der Waals surface area contributed by atoms with Crippen LogP contribution in [0.4, 0.5) is 0 Å².